The molecule has 0 aliphatic carbocycles. The number of rotatable bonds is 2. The number of hydrogen-bond donors (Lipinski definition) is 0. The molecule has 2 aromatic carbocycles. The average molecular weight is 354 g/mol. The second-order valence-electron chi connectivity index (χ2n) is 4.26. The molecule has 1 nitrogen and oxygen atoms in total. The predicted molar refractivity (Wildman–Crippen MR) is 78.5 cm³/mol. The van der Waals surface area contributed by atoms with Crippen molar-refractivity contribution in [2.24, 2.45) is 0 Å². The van der Waals surface area contributed by atoms with E-state index >= 15 is 0 Å². The molecule has 2 rings (SSSR count). The summed E-state index contributed by atoms with van der Waals surface area (Å²) in [6.45, 7) is 3.35. The van der Waals surface area contributed by atoms with Gasteiger partial charge >= 0.3 is 0 Å². The van der Waals surface area contributed by atoms with Gasteiger partial charge < -0.3 is 0 Å². The molecule has 0 bridgehead atoms. The van der Waals surface area contributed by atoms with Gasteiger partial charge in [-0.05, 0) is 71.8 Å². The van der Waals surface area contributed by atoms with Crippen molar-refractivity contribution in [2.75, 3.05) is 0 Å². The van der Waals surface area contributed by atoms with Crippen LogP contribution in [0.3, 0.4) is 0 Å². The molecular formula is C15H12FIO. The van der Waals surface area contributed by atoms with E-state index < -0.39 is 0 Å². The molecule has 18 heavy (non-hydrogen) atoms. The fourth-order valence-corrected chi connectivity index (χ4v) is 2.42. The summed E-state index contributed by atoms with van der Waals surface area (Å²) in [4.78, 5) is 12.3. The third kappa shape index (κ3) is 2.61. The Labute approximate surface area is 119 Å². The fourth-order valence-electron chi connectivity index (χ4n) is 1.87. The molecule has 0 aliphatic rings. The molecule has 0 N–H and O–H groups in total. The van der Waals surface area contributed by atoms with Gasteiger partial charge in [0, 0.05) is 14.7 Å². The van der Waals surface area contributed by atoms with Gasteiger partial charge in [-0.15, -0.1) is 0 Å². The summed E-state index contributed by atoms with van der Waals surface area (Å²) in [5.74, 6) is -0.311. The van der Waals surface area contributed by atoms with Crippen molar-refractivity contribution in [2.45, 2.75) is 13.8 Å². The van der Waals surface area contributed by atoms with E-state index in [9.17, 15) is 9.18 Å². The molecular weight excluding hydrogens is 342 g/mol. The molecule has 0 heterocycles. The van der Waals surface area contributed by atoms with Crippen LogP contribution in [0.1, 0.15) is 27.0 Å². The molecule has 0 saturated carbocycles. The Hall–Kier alpha value is -1.23. The van der Waals surface area contributed by atoms with Crippen molar-refractivity contribution >= 4 is 28.4 Å². The minimum atomic E-state index is -0.241. The molecule has 0 aromatic heterocycles. The monoisotopic (exact) mass is 354 g/mol. The molecule has 3 heteroatoms. The van der Waals surface area contributed by atoms with E-state index in [1.165, 1.54) is 0 Å². The largest absolute Gasteiger partial charge is 0.289 e. The Bertz CT molecular complexity index is 597. The third-order valence-electron chi connectivity index (χ3n) is 2.79. The van der Waals surface area contributed by atoms with Crippen LogP contribution >= 0.6 is 22.6 Å². The Balaban J connectivity index is 2.47. The van der Waals surface area contributed by atoms with E-state index in [-0.39, 0.29) is 11.6 Å². The lowest BCUT2D eigenvalue weighted by atomic mass is 9.99. The van der Waals surface area contributed by atoms with E-state index in [2.05, 4.69) is 22.6 Å². The highest BCUT2D eigenvalue weighted by atomic mass is 127. The van der Waals surface area contributed by atoms with Crippen molar-refractivity contribution in [3.05, 3.63) is 68.0 Å². The zero-order valence-electron chi connectivity index (χ0n) is 10.1. The normalized spacial score (nSPS) is 10.4. The van der Waals surface area contributed by atoms with Crippen molar-refractivity contribution in [3.8, 4) is 0 Å². The van der Waals surface area contributed by atoms with Crippen LogP contribution in [0, 0.1) is 23.2 Å². The van der Waals surface area contributed by atoms with Crippen LogP contribution in [-0.2, 0) is 0 Å². The van der Waals surface area contributed by atoms with Crippen LogP contribution in [0.5, 0.6) is 0 Å². The van der Waals surface area contributed by atoms with E-state index in [0.717, 1.165) is 3.57 Å². The Morgan fingerprint density at radius 3 is 2.22 bits per heavy atom. The highest BCUT2D eigenvalue weighted by Crippen LogP contribution is 2.18. The summed E-state index contributed by atoms with van der Waals surface area (Å²) in [6.07, 6.45) is 0. The van der Waals surface area contributed by atoms with Crippen LogP contribution in [0.2, 0.25) is 0 Å². The van der Waals surface area contributed by atoms with Gasteiger partial charge in [0.05, 0.1) is 0 Å². The maximum atomic E-state index is 13.5. The zero-order chi connectivity index (χ0) is 13.3. The molecule has 0 amide bonds. The number of aryl methyl sites for hydroxylation is 2. The van der Waals surface area contributed by atoms with Crippen LogP contribution in [-0.4, -0.2) is 5.78 Å². The SMILES string of the molecule is Cc1cc(C(=O)c2cccc(I)c2)cc(C)c1F. The minimum absolute atomic E-state index is 0.0697. The lowest BCUT2D eigenvalue weighted by molar-refractivity contribution is 0.103. The van der Waals surface area contributed by atoms with Gasteiger partial charge in [-0.25, -0.2) is 4.39 Å². The molecule has 0 unspecified atom stereocenters. The number of carbonyl (C=O) groups excluding carboxylic acids is 1. The van der Waals surface area contributed by atoms with E-state index in [0.29, 0.717) is 22.3 Å². The number of halogens is 2. The van der Waals surface area contributed by atoms with Crippen LogP contribution in [0.4, 0.5) is 4.39 Å². The first kappa shape index (κ1) is 13.2. The summed E-state index contributed by atoms with van der Waals surface area (Å²) in [5, 5.41) is 0. The first-order valence-electron chi connectivity index (χ1n) is 5.56. The van der Waals surface area contributed by atoms with Gasteiger partial charge in [-0.1, -0.05) is 12.1 Å². The summed E-state index contributed by atoms with van der Waals surface area (Å²) in [7, 11) is 0. The summed E-state index contributed by atoms with van der Waals surface area (Å²) in [6, 6.07) is 10.6. The predicted octanol–water partition coefficient (Wildman–Crippen LogP) is 4.28. The van der Waals surface area contributed by atoms with E-state index in [4.69, 9.17) is 0 Å². The van der Waals surface area contributed by atoms with Gasteiger partial charge in [0.2, 0.25) is 0 Å². The zero-order valence-corrected chi connectivity index (χ0v) is 12.3. The highest BCUT2D eigenvalue weighted by Gasteiger charge is 2.12. The maximum absolute atomic E-state index is 13.5. The number of ketones is 1. The number of hydrogen-bond acceptors (Lipinski definition) is 1. The van der Waals surface area contributed by atoms with Gasteiger partial charge in [0.1, 0.15) is 5.82 Å². The van der Waals surface area contributed by atoms with E-state index in [1.807, 2.05) is 18.2 Å². The van der Waals surface area contributed by atoms with Crippen molar-refractivity contribution in [3.63, 3.8) is 0 Å². The summed E-state index contributed by atoms with van der Waals surface area (Å²) in [5.41, 5.74) is 2.17. The molecule has 0 radical (unpaired) electrons. The first-order valence-corrected chi connectivity index (χ1v) is 6.64. The molecule has 0 fully saturated rings. The summed E-state index contributed by atoms with van der Waals surface area (Å²) >= 11 is 2.16. The highest BCUT2D eigenvalue weighted by molar-refractivity contribution is 14.1. The number of carbonyl (C=O) groups is 1. The standard InChI is InChI=1S/C15H12FIO/c1-9-6-12(7-10(2)14(9)16)15(18)11-4-3-5-13(17)8-11/h3-8H,1-2H3. The second-order valence-corrected chi connectivity index (χ2v) is 5.51. The molecule has 0 aliphatic heterocycles. The maximum Gasteiger partial charge on any atom is 0.193 e. The lowest BCUT2D eigenvalue weighted by Gasteiger charge is -2.06. The van der Waals surface area contributed by atoms with Crippen molar-refractivity contribution in [1.82, 2.24) is 0 Å². The smallest absolute Gasteiger partial charge is 0.193 e. The number of benzene rings is 2. The Morgan fingerprint density at radius 2 is 1.67 bits per heavy atom. The molecule has 0 atom stereocenters. The minimum Gasteiger partial charge on any atom is -0.289 e. The van der Waals surface area contributed by atoms with Crippen molar-refractivity contribution < 1.29 is 9.18 Å². The molecule has 0 saturated heterocycles. The second kappa shape index (κ2) is 5.18. The van der Waals surface area contributed by atoms with Crippen LogP contribution in [0.15, 0.2) is 36.4 Å². The molecule has 2 aromatic rings. The lowest BCUT2D eigenvalue weighted by Crippen LogP contribution is -2.04. The van der Waals surface area contributed by atoms with Crippen LogP contribution in [0.25, 0.3) is 0 Å². The molecule has 92 valence electrons. The Kier molecular flexibility index (Phi) is 3.80. The average Bonchev–Trinajstić information content (AvgIpc) is 2.34. The summed E-state index contributed by atoms with van der Waals surface area (Å²) < 4.78 is 14.5. The topological polar surface area (TPSA) is 17.1 Å². The van der Waals surface area contributed by atoms with Gasteiger partial charge in [-0.3, -0.25) is 4.79 Å². The Morgan fingerprint density at radius 1 is 1.06 bits per heavy atom. The van der Waals surface area contributed by atoms with Gasteiger partial charge in [0.15, 0.2) is 5.78 Å². The quantitative estimate of drug-likeness (QED) is 0.581. The first-order chi connectivity index (χ1) is 8.49. The van der Waals surface area contributed by atoms with Gasteiger partial charge in [-0.2, -0.15) is 0 Å². The van der Waals surface area contributed by atoms with Crippen molar-refractivity contribution in [1.29, 1.82) is 0 Å². The third-order valence-corrected chi connectivity index (χ3v) is 3.46. The van der Waals surface area contributed by atoms with Crippen LogP contribution < -0.4 is 0 Å². The van der Waals surface area contributed by atoms with Gasteiger partial charge in [0.25, 0.3) is 0 Å². The molecule has 0 spiro atoms. The van der Waals surface area contributed by atoms with E-state index in [1.54, 1.807) is 32.0 Å². The fraction of sp³-hybridized carbons (Fsp3) is 0.133.